The number of ether oxygens (including phenoxy) is 1. The molecule has 0 radical (unpaired) electrons. The third-order valence-electron chi connectivity index (χ3n) is 4.36. The second-order valence-corrected chi connectivity index (χ2v) is 7.63. The lowest BCUT2D eigenvalue weighted by Gasteiger charge is -2.11. The minimum absolute atomic E-state index is 0.228. The first-order valence-electron chi connectivity index (χ1n) is 9.34. The Morgan fingerprint density at radius 3 is 2.28 bits per heavy atom. The molecular weight excluding hydrogens is 380 g/mol. The SMILES string of the molecule is O=C(Nc1ncc(Cc2ccccc2)s1)c1ccccc1OCc1ccccc1. The van der Waals surface area contributed by atoms with Gasteiger partial charge in [0.1, 0.15) is 12.4 Å². The number of benzene rings is 3. The molecular formula is C24H20N2O2S. The first-order valence-corrected chi connectivity index (χ1v) is 10.2. The predicted molar refractivity (Wildman–Crippen MR) is 117 cm³/mol. The first-order chi connectivity index (χ1) is 14.3. The maximum atomic E-state index is 12.8. The average Bonchev–Trinajstić information content (AvgIpc) is 3.20. The van der Waals surface area contributed by atoms with E-state index >= 15 is 0 Å². The first kappa shape index (κ1) is 18.9. The van der Waals surface area contributed by atoms with Crippen molar-refractivity contribution in [2.75, 3.05) is 5.32 Å². The van der Waals surface area contributed by atoms with Gasteiger partial charge in [0.15, 0.2) is 5.13 Å². The summed E-state index contributed by atoms with van der Waals surface area (Å²) >= 11 is 1.48. The van der Waals surface area contributed by atoms with E-state index in [1.807, 2.05) is 66.9 Å². The van der Waals surface area contributed by atoms with Crippen LogP contribution in [0, 0.1) is 0 Å². The average molecular weight is 401 g/mol. The number of hydrogen-bond acceptors (Lipinski definition) is 4. The molecule has 0 atom stereocenters. The Balaban J connectivity index is 1.42. The summed E-state index contributed by atoms with van der Waals surface area (Å²) in [6.45, 7) is 0.406. The van der Waals surface area contributed by atoms with E-state index in [1.165, 1.54) is 16.9 Å². The topological polar surface area (TPSA) is 51.2 Å². The Morgan fingerprint density at radius 2 is 1.52 bits per heavy atom. The molecule has 3 aromatic carbocycles. The summed E-state index contributed by atoms with van der Waals surface area (Å²) in [6, 6.07) is 27.3. The third-order valence-corrected chi connectivity index (χ3v) is 5.28. The zero-order chi connectivity index (χ0) is 19.9. The van der Waals surface area contributed by atoms with Crippen molar-refractivity contribution in [3.63, 3.8) is 0 Å². The fraction of sp³-hybridized carbons (Fsp3) is 0.0833. The molecule has 4 aromatic rings. The highest BCUT2D eigenvalue weighted by molar-refractivity contribution is 7.15. The number of thiazole rings is 1. The number of nitrogens with one attached hydrogen (secondary N) is 1. The van der Waals surface area contributed by atoms with E-state index < -0.39 is 0 Å². The van der Waals surface area contributed by atoms with Gasteiger partial charge in [-0.2, -0.15) is 0 Å². The molecule has 4 rings (SSSR count). The van der Waals surface area contributed by atoms with Crippen molar-refractivity contribution < 1.29 is 9.53 Å². The monoisotopic (exact) mass is 400 g/mol. The molecule has 1 amide bonds. The molecule has 0 saturated carbocycles. The molecule has 144 valence electrons. The Hall–Kier alpha value is -3.44. The fourth-order valence-corrected chi connectivity index (χ4v) is 3.77. The molecule has 0 saturated heterocycles. The standard InChI is InChI=1S/C24H20N2O2S/c27-23(26-24-25-16-20(29-24)15-18-9-3-1-4-10-18)21-13-7-8-14-22(21)28-17-19-11-5-2-6-12-19/h1-14,16H,15,17H2,(H,25,26,27). The summed E-state index contributed by atoms with van der Waals surface area (Å²) in [5.41, 5.74) is 2.75. The van der Waals surface area contributed by atoms with Crippen LogP contribution in [0.1, 0.15) is 26.4 Å². The van der Waals surface area contributed by atoms with Crippen molar-refractivity contribution in [1.82, 2.24) is 4.98 Å². The van der Waals surface area contributed by atoms with Crippen molar-refractivity contribution in [3.05, 3.63) is 113 Å². The lowest BCUT2D eigenvalue weighted by Crippen LogP contribution is -2.13. The second kappa shape index (κ2) is 9.17. The molecule has 1 aromatic heterocycles. The number of nitrogens with zero attached hydrogens (tertiary/aromatic N) is 1. The van der Waals surface area contributed by atoms with E-state index in [0.29, 0.717) is 23.1 Å². The lowest BCUT2D eigenvalue weighted by molar-refractivity contribution is 0.102. The van der Waals surface area contributed by atoms with Gasteiger partial charge in [0.2, 0.25) is 0 Å². The number of carbonyl (C=O) groups excluding carboxylic acids is 1. The number of para-hydroxylation sites is 1. The van der Waals surface area contributed by atoms with E-state index in [-0.39, 0.29) is 5.91 Å². The van der Waals surface area contributed by atoms with Gasteiger partial charge >= 0.3 is 0 Å². The molecule has 0 aliphatic rings. The predicted octanol–water partition coefficient (Wildman–Crippen LogP) is 5.57. The van der Waals surface area contributed by atoms with Crippen molar-refractivity contribution in [1.29, 1.82) is 0 Å². The van der Waals surface area contributed by atoms with Crippen molar-refractivity contribution in [2.24, 2.45) is 0 Å². The number of aromatic nitrogens is 1. The highest BCUT2D eigenvalue weighted by Gasteiger charge is 2.14. The second-order valence-electron chi connectivity index (χ2n) is 6.52. The van der Waals surface area contributed by atoms with Crippen LogP contribution < -0.4 is 10.1 Å². The molecule has 0 aliphatic carbocycles. The molecule has 0 spiro atoms. The fourth-order valence-electron chi connectivity index (χ4n) is 2.92. The highest BCUT2D eigenvalue weighted by atomic mass is 32.1. The summed E-state index contributed by atoms with van der Waals surface area (Å²) in [5, 5.41) is 3.47. The number of anilines is 1. The molecule has 0 unspecified atom stereocenters. The van der Waals surface area contributed by atoms with E-state index in [1.54, 1.807) is 12.1 Å². The van der Waals surface area contributed by atoms with E-state index in [0.717, 1.165) is 16.9 Å². The summed E-state index contributed by atoms with van der Waals surface area (Å²) in [6.07, 6.45) is 2.61. The Morgan fingerprint density at radius 1 is 0.862 bits per heavy atom. The quantitative estimate of drug-likeness (QED) is 0.441. The van der Waals surface area contributed by atoms with E-state index in [9.17, 15) is 4.79 Å². The summed E-state index contributed by atoms with van der Waals surface area (Å²) in [5.74, 6) is 0.323. The van der Waals surface area contributed by atoms with Crippen LogP contribution in [-0.2, 0) is 13.0 Å². The van der Waals surface area contributed by atoms with Gasteiger partial charge in [-0.25, -0.2) is 4.98 Å². The van der Waals surface area contributed by atoms with Crippen LogP contribution in [0.4, 0.5) is 5.13 Å². The number of amides is 1. The van der Waals surface area contributed by atoms with Crippen molar-refractivity contribution in [2.45, 2.75) is 13.0 Å². The van der Waals surface area contributed by atoms with Crippen molar-refractivity contribution in [3.8, 4) is 5.75 Å². The molecule has 4 nitrogen and oxygen atoms in total. The number of hydrogen-bond donors (Lipinski definition) is 1. The van der Waals surface area contributed by atoms with E-state index in [4.69, 9.17) is 4.74 Å². The molecule has 1 heterocycles. The van der Waals surface area contributed by atoms with E-state index in [2.05, 4.69) is 22.4 Å². The number of rotatable bonds is 7. The van der Waals surface area contributed by atoms with Crippen LogP contribution in [0.15, 0.2) is 91.1 Å². The number of carbonyl (C=O) groups is 1. The Kier molecular flexibility index (Phi) is 5.98. The van der Waals surface area contributed by atoms with Crippen LogP contribution >= 0.6 is 11.3 Å². The van der Waals surface area contributed by atoms with Crippen LogP contribution in [0.25, 0.3) is 0 Å². The van der Waals surface area contributed by atoms with Gasteiger partial charge < -0.3 is 4.74 Å². The minimum atomic E-state index is -0.228. The molecule has 5 heteroatoms. The van der Waals surface area contributed by atoms with Crippen LogP contribution in [0.2, 0.25) is 0 Å². The Labute approximate surface area is 173 Å². The zero-order valence-corrected chi connectivity index (χ0v) is 16.6. The van der Waals surface area contributed by atoms with Crippen LogP contribution in [-0.4, -0.2) is 10.9 Å². The summed E-state index contributed by atoms with van der Waals surface area (Å²) in [4.78, 5) is 18.2. The van der Waals surface area contributed by atoms with Gasteiger partial charge in [-0.3, -0.25) is 10.1 Å². The Bertz CT molecular complexity index is 1080. The molecule has 1 N–H and O–H groups in total. The smallest absolute Gasteiger partial charge is 0.261 e. The van der Waals surface area contributed by atoms with Gasteiger partial charge in [-0.1, -0.05) is 72.8 Å². The highest BCUT2D eigenvalue weighted by Crippen LogP contribution is 2.24. The van der Waals surface area contributed by atoms with Crippen molar-refractivity contribution >= 4 is 22.4 Å². The summed E-state index contributed by atoms with van der Waals surface area (Å²) < 4.78 is 5.89. The maximum Gasteiger partial charge on any atom is 0.261 e. The largest absolute Gasteiger partial charge is 0.488 e. The lowest BCUT2D eigenvalue weighted by atomic mass is 10.1. The molecule has 0 fully saturated rings. The van der Waals surface area contributed by atoms with Crippen LogP contribution in [0.3, 0.4) is 0 Å². The molecule has 0 bridgehead atoms. The van der Waals surface area contributed by atoms with Gasteiger partial charge in [0, 0.05) is 17.5 Å². The molecule has 0 aliphatic heterocycles. The minimum Gasteiger partial charge on any atom is -0.488 e. The third kappa shape index (κ3) is 5.09. The van der Waals surface area contributed by atoms with Gasteiger partial charge in [-0.15, -0.1) is 11.3 Å². The van der Waals surface area contributed by atoms with Gasteiger partial charge in [0.25, 0.3) is 5.91 Å². The normalized spacial score (nSPS) is 10.5. The van der Waals surface area contributed by atoms with Gasteiger partial charge in [-0.05, 0) is 23.3 Å². The van der Waals surface area contributed by atoms with Crippen LogP contribution in [0.5, 0.6) is 5.75 Å². The maximum absolute atomic E-state index is 12.8. The van der Waals surface area contributed by atoms with Gasteiger partial charge in [0.05, 0.1) is 5.56 Å². The molecule has 29 heavy (non-hydrogen) atoms. The summed E-state index contributed by atoms with van der Waals surface area (Å²) in [7, 11) is 0. The zero-order valence-electron chi connectivity index (χ0n) is 15.7.